The molecule has 244 valence electrons. The molecule has 0 radical (unpaired) electrons. The van der Waals surface area contributed by atoms with Crippen molar-refractivity contribution in [2.45, 2.75) is 13.1 Å². The summed E-state index contributed by atoms with van der Waals surface area (Å²) in [7, 11) is 0. The normalized spacial score (nSPS) is 13.8. The van der Waals surface area contributed by atoms with Gasteiger partial charge in [-0.2, -0.15) is 8.78 Å². The Morgan fingerprint density at radius 2 is 0.771 bits per heavy atom. The van der Waals surface area contributed by atoms with Crippen LogP contribution in [0.5, 0.6) is 0 Å². The van der Waals surface area contributed by atoms with Crippen LogP contribution in [-0.4, -0.2) is 65.6 Å². The van der Waals surface area contributed by atoms with Gasteiger partial charge in [-0.1, -0.05) is 48.6 Å². The summed E-state index contributed by atoms with van der Waals surface area (Å²) in [6, 6.07) is 13.1. The Morgan fingerprint density at radius 1 is 0.479 bits per heavy atom. The van der Waals surface area contributed by atoms with Crippen molar-refractivity contribution < 1.29 is 28.0 Å². The molecule has 0 unspecified atom stereocenters. The highest BCUT2D eigenvalue weighted by molar-refractivity contribution is 6.22. The monoisotopic (exact) mass is 658 g/mol. The molecule has 0 fully saturated rings. The Morgan fingerprint density at radius 3 is 1.08 bits per heavy atom. The number of aromatic nitrogens is 4. The van der Waals surface area contributed by atoms with E-state index in [2.05, 4.69) is 0 Å². The fraction of sp³-hybridized carbons (Fsp3) is 0.125. The van der Waals surface area contributed by atoms with Crippen molar-refractivity contribution in [2.75, 3.05) is 13.1 Å². The lowest BCUT2D eigenvalue weighted by atomic mass is 10.1. The molecule has 4 aromatic rings. The minimum Gasteiger partial charge on any atom is -0.294 e. The topological polar surface area (TPSA) is 184 Å². The molecule has 2 aromatic heterocycles. The molecular formula is C32H24F2N6O8. The second-order valence-electron chi connectivity index (χ2n) is 10.3. The molecule has 0 spiro atoms. The fourth-order valence-corrected chi connectivity index (χ4v) is 4.78. The average Bonchev–Trinajstić information content (AvgIpc) is 3.46. The van der Waals surface area contributed by atoms with Gasteiger partial charge in [0.1, 0.15) is 0 Å². The van der Waals surface area contributed by atoms with Crippen molar-refractivity contribution in [1.29, 1.82) is 0 Å². The Hall–Kier alpha value is -6.58. The number of fused-ring (bicyclic) bond motifs is 2. The molecule has 2 aliphatic heterocycles. The summed E-state index contributed by atoms with van der Waals surface area (Å²) in [5, 5.41) is 0. The average molecular weight is 659 g/mol. The van der Waals surface area contributed by atoms with Crippen LogP contribution in [0.4, 0.5) is 8.78 Å². The maximum absolute atomic E-state index is 13.1. The smallest absolute Gasteiger partial charge is 0.294 e. The summed E-state index contributed by atoms with van der Waals surface area (Å²) < 4.78 is 28.2. The van der Waals surface area contributed by atoms with Crippen LogP contribution < -0.4 is 22.5 Å². The maximum Gasteiger partial charge on any atom is 0.328 e. The highest BCUT2D eigenvalue weighted by atomic mass is 19.1. The number of rotatable bonds is 8. The zero-order valence-electron chi connectivity index (χ0n) is 24.7. The van der Waals surface area contributed by atoms with Gasteiger partial charge in [0, 0.05) is 26.2 Å². The zero-order chi connectivity index (χ0) is 34.5. The Bertz CT molecular complexity index is 2040. The van der Waals surface area contributed by atoms with E-state index in [-0.39, 0.29) is 49.8 Å². The van der Waals surface area contributed by atoms with Crippen LogP contribution in [0.3, 0.4) is 0 Å². The number of aromatic amines is 2. The predicted octanol–water partition coefficient (Wildman–Crippen LogP) is 1.06. The Labute approximate surface area is 267 Å². The first-order chi connectivity index (χ1) is 23.0. The molecule has 0 saturated carbocycles. The largest absolute Gasteiger partial charge is 0.328 e. The highest BCUT2D eigenvalue weighted by Gasteiger charge is 2.35. The van der Waals surface area contributed by atoms with E-state index >= 15 is 0 Å². The Balaban J connectivity index is 0.000000188. The third kappa shape index (κ3) is 6.67. The van der Waals surface area contributed by atoms with Crippen LogP contribution in [0.2, 0.25) is 0 Å². The van der Waals surface area contributed by atoms with Gasteiger partial charge in [-0.15, -0.1) is 0 Å². The number of carbonyl (C=O) groups is 4. The first-order valence-corrected chi connectivity index (χ1v) is 14.2. The van der Waals surface area contributed by atoms with E-state index in [0.29, 0.717) is 22.3 Å². The number of halogens is 2. The van der Waals surface area contributed by atoms with E-state index < -0.39 is 34.1 Å². The van der Waals surface area contributed by atoms with Crippen molar-refractivity contribution in [3.63, 3.8) is 0 Å². The molecule has 2 N–H and O–H groups in total. The summed E-state index contributed by atoms with van der Waals surface area (Å²) in [5.41, 5.74) is -2.22. The molecule has 0 atom stereocenters. The molecule has 6 rings (SSSR count). The second kappa shape index (κ2) is 13.8. The first kappa shape index (κ1) is 32.8. The highest BCUT2D eigenvalue weighted by Crippen LogP contribution is 2.23. The van der Waals surface area contributed by atoms with Crippen LogP contribution in [0.25, 0.3) is 0 Å². The first-order valence-electron chi connectivity index (χ1n) is 14.2. The number of carbonyl (C=O) groups excluding carboxylic acids is 4. The fourth-order valence-electron chi connectivity index (χ4n) is 4.78. The maximum atomic E-state index is 13.1. The molecule has 2 aliphatic rings. The predicted molar refractivity (Wildman–Crippen MR) is 164 cm³/mol. The SMILES string of the molecule is O=C1c2ccccc2C(=O)N1C/C=C\Cn1cc(F)c(=O)[nH]c1=O.O=C1c2ccccc2C(=O)N1C/C=C\Cn1cc(F)c(=O)[nH]c1=O. The van der Waals surface area contributed by atoms with Gasteiger partial charge >= 0.3 is 11.4 Å². The molecule has 0 bridgehead atoms. The van der Waals surface area contributed by atoms with E-state index in [1.165, 1.54) is 24.3 Å². The summed E-state index contributed by atoms with van der Waals surface area (Å²) in [4.78, 5) is 99.2. The number of H-pyrrole nitrogens is 2. The molecule has 0 saturated heterocycles. The molecule has 4 heterocycles. The minimum absolute atomic E-state index is 0.00426. The molecule has 2 aromatic carbocycles. The molecule has 14 nitrogen and oxygen atoms in total. The number of hydrogen-bond donors (Lipinski definition) is 2. The number of nitrogens with zero attached hydrogens (tertiary/aromatic N) is 4. The van der Waals surface area contributed by atoms with Crippen molar-refractivity contribution in [1.82, 2.24) is 28.9 Å². The lowest BCUT2D eigenvalue weighted by Crippen LogP contribution is -2.31. The van der Waals surface area contributed by atoms with Crippen LogP contribution in [-0.2, 0) is 13.1 Å². The zero-order valence-corrected chi connectivity index (χ0v) is 24.7. The minimum atomic E-state index is -1.08. The molecular weight excluding hydrogens is 634 g/mol. The van der Waals surface area contributed by atoms with Crippen LogP contribution in [0.1, 0.15) is 41.4 Å². The van der Waals surface area contributed by atoms with Gasteiger partial charge in [0.2, 0.25) is 11.6 Å². The van der Waals surface area contributed by atoms with E-state index in [1.807, 2.05) is 9.97 Å². The summed E-state index contributed by atoms with van der Waals surface area (Å²) in [6.45, 7) is 0.0608. The van der Waals surface area contributed by atoms with Crippen LogP contribution in [0, 0.1) is 11.6 Å². The van der Waals surface area contributed by atoms with Crippen molar-refractivity contribution in [2.24, 2.45) is 0 Å². The summed E-state index contributed by atoms with van der Waals surface area (Å²) >= 11 is 0. The lowest BCUT2D eigenvalue weighted by molar-refractivity contribution is 0.0656. The molecule has 4 amide bonds. The van der Waals surface area contributed by atoms with Gasteiger partial charge in [0.25, 0.3) is 34.7 Å². The Kier molecular flexibility index (Phi) is 9.44. The number of hydrogen-bond acceptors (Lipinski definition) is 8. The lowest BCUT2D eigenvalue weighted by Gasteiger charge is -2.10. The van der Waals surface area contributed by atoms with Crippen molar-refractivity contribution >= 4 is 23.6 Å². The van der Waals surface area contributed by atoms with Gasteiger partial charge < -0.3 is 0 Å². The second-order valence-corrected chi connectivity index (χ2v) is 10.3. The molecule has 0 aliphatic carbocycles. The summed E-state index contributed by atoms with van der Waals surface area (Å²) in [6.07, 6.45) is 7.65. The van der Waals surface area contributed by atoms with Gasteiger partial charge in [-0.25, -0.2) is 9.59 Å². The standard InChI is InChI=1S/2C16H12FN3O4/c2*17-12-9-19(16(24)18-13(12)21)7-3-4-8-20-14(22)10-5-1-2-6-11(10)15(20)23/h2*1-6,9H,7-8H2,(H,18,21,24)/b2*4-3-. The number of allylic oxidation sites excluding steroid dienone is 2. The van der Waals surface area contributed by atoms with Gasteiger partial charge in [0.15, 0.2) is 0 Å². The van der Waals surface area contributed by atoms with E-state index in [4.69, 9.17) is 0 Å². The molecule has 48 heavy (non-hydrogen) atoms. The van der Waals surface area contributed by atoms with Crippen molar-refractivity contribution in [3.05, 3.63) is 161 Å². The number of imide groups is 2. The van der Waals surface area contributed by atoms with E-state index in [0.717, 1.165) is 31.3 Å². The number of benzene rings is 2. The van der Waals surface area contributed by atoms with Crippen LogP contribution in [0.15, 0.2) is 104 Å². The number of amides is 4. The van der Waals surface area contributed by atoms with E-state index in [1.54, 1.807) is 48.5 Å². The van der Waals surface area contributed by atoms with Gasteiger partial charge in [-0.05, 0) is 24.3 Å². The summed E-state index contributed by atoms with van der Waals surface area (Å²) in [5.74, 6) is -3.66. The van der Waals surface area contributed by atoms with Gasteiger partial charge in [0.05, 0.1) is 34.6 Å². The third-order valence-corrected chi connectivity index (χ3v) is 7.20. The number of nitrogens with one attached hydrogen (secondary N) is 2. The van der Waals surface area contributed by atoms with Crippen molar-refractivity contribution in [3.8, 4) is 0 Å². The molecule has 16 heteroatoms. The quantitative estimate of drug-likeness (QED) is 0.208. The van der Waals surface area contributed by atoms with Crippen LogP contribution >= 0.6 is 0 Å². The third-order valence-electron chi connectivity index (χ3n) is 7.20. The van der Waals surface area contributed by atoms with E-state index in [9.17, 15) is 47.1 Å². The van der Waals surface area contributed by atoms with Gasteiger partial charge in [-0.3, -0.25) is 57.7 Å².